The van der Waals surface area contributed by atoms with E-state index in [0.29, 0.717) is 0 Å². The summed E-state index contributed by atoms with van der Waals surface area (Å²) in [6, 6.07) is 4.38. The second-order valence-electron chi connectivity index (χ2n) is 3.82. The molecule has 0 aliphatic rings. The molecule has 0 spiro atoms. The first-order valence-corrected chi connectivity index (χ1v) is 6.98. The Morgan fingerprint density at radius 1 is 1.20 bits per heavy atom. The van der Waals surface area contributed by atoms with Gasteiger partial charge in [-0.3, -0.25) is 0 Å². The number of hydrogen-bond donors (Lipinski definition) is 1. The molecule has 112 valence electrons. The van der Waals surface area contributed by atoms with Crippen LogP contribution in [0.3, 0.4) is 0 Å². The lowest BCUT2D eigenvalue weighted by Gasteiger charge is -2.08. The third-order valence-corrected chi connectivity index (χ3v) is 3.92. The highest BCUT2D eigenvalue weighted by atomic mass is 32.2. The van der Waals surface area contributed by atoms with Crippen LogP contribution in [0.15, 0.2) is 29.2 Å². The van der Waals surface area contributed by atoms with Gasteiger partial charge in [-0.25, -0.2) is 13.2 Å². The third kappa shape index (κ3) is 5.17. The zero-order chi connectivity index (χ0) is 15.4. The van der Waals surface area contributed by atoms with Gasteiger partial charge in [-0.15, -0.1) is 0 Å². The fraction of sp³-hybridized carbons (Fsp3) is 0.364. The molecule has 0 atom stereocenters. The van der Waals surface area contributed by atoms with Crippen molar-refractivity contribution in [1.29, 1.82) is 0 Å². The number of aromatic carboxylic acids is 1. The smallest absolute Gasteiger partial charge is 0.411 e. The Labute approximate surface area is 112 Å². The maximum absolute atomic E-state index is 11.8. The highest BCUT2D eigenvalue weighted by Crippen LogP contribution is 2.15. The average Bonchev–Trinajstić information content (AvgIpc) is 2.34. The van der Waals surface area contributed by atoms with Crippen molar-refractivity contribution in [2.75, 3.05) is 19.0 Å². The largest absolute Gasteiger partial charge is 0.478 e. The van der Waals surface area contributed by atoms with E-state index in [-0.39, 0.29) is 10.5 Å². The number of hydrogen-bond acceptors (Lipinski definition) is 4. The number of sulfone groups is 1. The molecule has 5 nitrogen and oxygen atoms in total. The van der Waals surface area contributed by atoms with Crippen LogP contribution in [0.2, 0.25) is 0 Å². The van der Waals surface area contributed by atoms with E-state index in [2.05, 4.69) is 4.74 Å². The zero-order valence-electron chi connectivity index (χ0n) is 10.1. The number of halogens is 3. The summed E-state index contributed by atoms with van der Waals surface area (Å²) in [5, 5.41) is 8.65. The lowest BCUT2D eigenvalue weighted by Crippen LogP contribution is -2.20. The molecular formula is C11H11F3O5S. The summed E-state index contributed by atoms with van der Waals surface area (Å²) < 4.78 is 63.0. The van der Waals surface area contributed by atoms with E-state index in [1.165, 1.54) is 0 Å². The molecular weight excluding hydrogens is 301 g/mol. The molecule has 0 amide bonds. The number of carbonyl (C=O) groups is 1. The number of benzene rings is 1. The Balaban J connectivity index is 2.62. The summed E-state index contributed by atoms with van der Waals surface area (Å²) in [5.74, 6) is -1.82. The van der Waals surface area contributed by atoms with Crippen LogP contribution >= 0.6 is 0 Å². The monoisotopic (exact) mass is 312 g/mol. The Hall–Kier alpha value is -1.61. The first-order chi connectivity index (χ1) is 9.12. The zero-order valence-corrected chi connectivity index (χ0v) is 10.9. The van der Waals surface area contributed by atoms with Crippen LogP contribution in [0.5, 0.6) is 0 Å². The summed E-state index contributed by atoms with van der Waals surface area (Å²) in [5.41, 5.74) is -0.0859. The van der Waals surface area contributed by atoms with Crippen molar-refractivity contribution in [1.82, 2.24) is 0 Å². The molecule has 0 bridgehead atoms. The van der Waals surface area contributed by atoms with Crippen LogP contribution in [-0.4, -0.2) is 44.6 Å². The maximum Gasteiger partial charge on any atom is 0.411 e. The van der Waals surface area contributed by atoms with Crippen LogP contribution in [-0.2, 0) is 14.6 Å². The van der Waals surface area contributed by atoms with Crippen molar-refractivity contribution in [2.45, 2.75) is 11.1 Å². The van der Waals surface area contributed by atoms with Gasteiger partial charge in [0.2, 0.25) is 0 Å². The molecule has 0 saturated heterocycles. The van der Waals surface area contributed by atoms with Crippen molar-refractivity contribution < 1.29 is 36.2 Å². The van der Waals surface area contributed by atoms with E-state index in [1.54, 1.807) is 0 Å². The van der Waals surface area contributed by atoms with Gasteiger partial charge in [0.05, 0.1) is 22.8 Å². The fourth-order valence-corrected chi connectivity index (χ4v) is 2.40. The van der Waals surface area contributed by atoms with Crippen molar-refractivity contribution in [3.63, 3.8) is 0 Å². The second-order valence-corrected chi connectivity index (χ2v) is 5.93. The molecule has 0 radical (unpaired) electrons. The highest BCUT2D eigenvalue weighted by Gasteiger charge is 2.27. The summed E-state index contributed by atoms with van der Waals surface area (Å²) in [6.07, 6.45) is -4.51. The number of carboxylic acid groups (broad SMARTS) is 1. The molecule has 1 N–H and O–H groups in total. The number of carboxylic acids is 1. The van der Waals surface area contributed by atoms with E-state index < -0.39 is 40.9 Å². The lowest BCUT2D eigenvalue weighted by atomic mass is 10.2. The predicted octanol–water partition coefficient (Wildman–Crippen LogP) is 1.74. The quantitative estimate of drug-likeness (QED) is 0.809. The Bertz CT molecular complexity index is 563. The van der Waals surface area contributed by atoms with Crippen LogP contribution in [0, 0.1) is 0 Å². The van der Waals surface area contributed by atoms with Crippen LogP contribution in [0.25, 0.3) is 0 Å². The van der Waals surface area contributed by atoms with E-state index in [1.807, 2.05) is 0 Å². The van der Waals surface area contributed by atoms with Gasteiger partial charge in [0.25, 0.3) is 0 Å². The Morgan fingerprint density at radius 2 is 1.75 bits per heavy atom. The van der Waals surface area contributed by atoms with Crippen molar-refractivity contribution in [3.05, 3.63) is 29.8 Å². The van der Waals surface area contributed by atoms with Crippen molar-refractivity contribution in [3.8, 4) is 0 Å². The summed E-state index contributed by atoms with van der Waals surface area (Å²) in [6.45, 7) is -2.11. The average molecular weight is 312 g/mol. The molecule has 0 aliphatic heterocycles. The minimum absolute atomic E-state index is 0.0859. The van der Waals surface area contributed by atoms with E-state index in [0.717, 1.165) is 24.3 Å². The number of alkyl halides is 3. The van der Waals surface area contributed by atoms with Gasteiger partial charge in [-0.2, -0.15) is 13.2 Å². The predicted molar refractivity (Wildman–Crippen MR) is 62.3 cm³/mol. The van der Waals surface area contributed by atoms with Gasteiger partial charge in [0, 0.05) is 0 Å². The minimum Gasteiger partial charge on any atom is -0.478 e. The van der Waals surface area contributed by atoms with Crippen molar-refractivity contribution in [2.24, 2.45) is 0 Å². The van der Waals surface area contributed by atoms with Gasteiger partial charge in [-0.05, 0) is 24.3 Å². The van der Waals surface area contributed by atoms with Gasteiger partial charge in [0.15, 0.2) is 9.84 Å². The van der Waals surface area contributed by atoms with E-state index in [4.69, 9.17) is 5.11 Å². The summed E-state index contributed by atoms with van der Waals surface area (Å²) >= 11 is 0. The van der Waals surface area contributed by atoms with Gasteiger partial charge < -0.3 is 9.84 Å². The Kier molecular flexibility index (Phi) is 5.12. The maximum atomic E-state index is 11.8. The fourth-order valence-electron chi connectivity index (χ4n) is 1.28. The summed E-state index contributed by atoms with van der Waals surface area (Å²) in [4.78, 5) is 10.4. The van der Waals surface area contributed by atoms with Gasteiger partial charge >= 0.3 is 12.1 Å². The first kappa shape index (κ1) is 16.4. The number of ether oxygens (including phenoxy) is 1. The SMILES string of the molecule is O=C(O)c1ccc(S(=O)(=O)CCOCC(F)(F)F)cc1. The molecule has 0 aliphatic carbocycles. The lowest BCUT2D eigenvalue weighted by molar-refractivity contribution is -0.172. The minimum atomic E-state index is -4.51. The number of rotatable bonds is 6. The molecule has 0 aromatic heterocycles. The highest BCUT2D eigenvalue weighted by molar-refractivity contribution is 7.91. The van der Waals surface area contributed by atoms with Gasteiger partial charge in [0.1, 0.15) is 6.61 Å². The molecule has 0 heterocycles. The summed E-state index contributed by atoms with van der Waals surface area (Å²) in [7, 11) is -3.81. The Morgan fingerprint density at radius 3 is 2.20 bits per heavy atom. The van der Waals surface area contributed by atoms with Gasteiger partial charge in [-0.1, -0.05) is 0 Å². The standard InChI is InChI=1S/C11H11F3O5S/c12-11(13,14)7-19-5-6-20(17,18)9-3-1-8(2-4-9)10(15)16/h1-4H,5-7H2,(H,15,16). The van der Waals surface area contributed by atoms with Crippen LogP contribution in [0.1, 0.15) is 10.4 Å². The molecule has 1 aromatic carbocycles. The normalized spacial score (nSPS) is 12.3. The molecule has 0 saturated carbocycles. The molecule has 0 unspecified atom stereocenters. The second kappa shape index (κ2) is 6.23. The molecule has 9 heteroatoms. The molecule has 0 fully saturated rings. The third-order valence-electron chi connectivity index (χ3n) is 2.22. The van der Waals surface area contributed by atoms with E-state index >= 15 is 0 Å². The van der Waals surface area contributed by atoms with Crippen LogP contribution in [0.4, 0.5) is 13.2 Å². The first-order valence-electron chi connectivity index (χ1n) is 5.32. The van der Waals surface area contributed by atoms with E-state index in [9.17, 15) is 26.4 Å². The van der Waals surface area contributed by atoms with Crippen LogP contribution < -0.4 is 0 Å². The topological polar surface area (TPSA) is 80.7 Å². The molecule has 1 rings (SSSR count). The molecule has 1 aromatic rings. The van der Waals surface area contributed by atoms with Crippen molar-refractivity contribution >= 4 is 15.8 Å². The molecule has 20 heavy (non-hydrogen) atoms.